The summed E-state index contributed by atoms with van der Waals surface area (Å²) in [5, 5.41) is 9.03. The van der Waals surface area contributed by atoms with E-state index in [1.165, 1.54) is 6.92 Å². The quantitative estimate of drug-likeness (QED) is 0.852. The van der Waals surface area contributed by atoms with E-state index in [4.69, 9.17) is 15.7 Å². The van der Waals surface area contributed by atoms with E-state index in [0.29, 0.717) is 17.1 Å². The van der Waals surface area contributed by atoms with Gasteiger partial charge in [-0.1, -0.05) is 12.1 Å². The Kier molecular flexibility index (Phi) is 3.25. The normalized spacial score (nSPS) is 9.95. The molecule has 0 amide bonds. The molecular formula is C14H13N3O2. The molecule has 0 spiro atoms. The molecule has 0 bridgehead atoms. The van der Waals surface area contributed by atoms with Gasteiger partial charge in [-0.05, 0) is 12.1 Å². The van der Waals surface area contributed by atoms with E-state index >= 15 is 0 Å². The van der Waals surface area contributed by atoms with Crippen LogP contribution in [0.15, 0.2) is 30.5 Å². The van der Waals surface area contributed by atoms with Gasteiger partial charge in [0.15, 0.2) is 5.78 Å². The molecule has 0 radical (unpaired) electrons. The summed E-state index contributed by atoms with van der Waals surface area (Å²) < 4.78 is 6.85. The lowest BCUT2D eigenvalue weighted by Crippen LogP contribution is -2.07. The van der Waals surface area contributed by atoms with Gasteiger partial charge in [-0.25, -0.2) is 0 Å². The summed E-state index contributed by atoms with van der Waals surface area (Å²) in [7, 11) is 1.55. The third-order valence-electron chi connectivity index (χ3n) is 2.84. The van der Waals surface area contributed by atoms with Crippen molar-refractivity contribution in [2.75, 3.05) is 12.8 Å². The van der Waals surface area contributed by atoms with Crippen molar-refractivity contribution in [1.82, 2.24) is 4.57 Å². The zero-order chi connectivity index (χ0) is 14.0. The third kappa shape index (κ3) is 2.04. The predicted molar refractivity (Wildman–Crippen MR) is 71.5 cm³/mol. The number of hydrogen-bond donors (Lipinski definition) is 1. The molecule has 2 N–H and O–H groups in total. The lowest BCUT2D eigenvalue weighted by atomic mass is 10.2. The van der Waals surface area contributed by atoms with Crippen molar-refractivity contribution in [2.24, 2.45) is 0 Å². The van der Waals surface area contributed by atoms with Crippen LogP contribution in [0.4, 0.5) is 5.69 Å². The second-order valence-corrected chi connectivity index (χ2v) is 4.01. The number of aromatic nitrogens is 1. The minimum Gasteiger partial charge on any atom is -0.495 e. The molecule has 0 fully saturated rings. The van der Waals surface area contributed by atoms with E-state index in [2.05, 4.69) is 0 Å². The summed E-state index contributed by atoms with van der Waals surface area (Å²) in [6.45, 7) is 1.42. The third-order valence-corrected chi connectivity index (χ3v) is 2.84. The SMILES string of the molecule is COc1ccccc1-n1cc(C#N)c(N)c1C(C)=O. The Morgan fingerprint density at radius 3 is 2.68 bits per heavy atom. The number of benzene rings is 1. The summed E-state index contributed by atoms with van der Waals surface area (Å²) >= 11 is 0. The van der Waals surface area contributed by atoms with Crippen molar-refractivity contribution in [1.29, 1.82) is 5.26 Å². The molecule has 5 heteroatoms. The van der Waals surface area contributed by atoms with Crippen LogP contribution in [0.3, 0.4) is 0 Å². The smallest absolute Gasteiger partial charge is 0.178 e. The molecule has 0 saturated carbocycles. The van der Waals surface area contributed by atoms with Gasteiger partial charge in [-0.15, -0.1) is 0 Å². The fourth-order valence-electron chi connectivity index (χ4n) is 1.99. The first-order valence-electron chi connectivity index (χ1n) is 5.65. The van der Waals surface area contributed by atoms with Crippen molar-refractivity contribution < 1.29 is 9.53 Å². The number of methoxy groups -OCH3 is 1. The molecule has 1 heterocycles. The molecule has 2 aromatic rings. The van der Waals surface area contributed by atoms with E-state index in [9.17, 15) is 4.79 Å². The Hall–Kier alpha value is -2.74. The highest BCUT2D eigenvalue weighted by Gasteiger charge is 2.19. The van der Waals surface area contributed by atoms with Gasteiger partial charge in [0.2, 0.25) is 0 Å². The highest BCUT2D eigenvalue weighted by Crippen LogP contribution is 2.29. The minimum atomic E-state index is -0.204. The van der Waals surface area contributed by atoms with Crippen LogP contribution in [0, 0.1) is 11.3 Å². The van der Waals surface area contributed by atoms with Crippen molar-refractivity contribution in [3.8, 4) is 17.5 Å². The number of rotatable bonds is 3. The predicted octanol–water partition coefficient (Wildman–Crippen LogP) is 2.14. The monoisotopic (exact) mass is 255 g/mol. The van der Waals surface area contributed by atoms with Gasteiger partial charge in [0.25, 0.3) is 0 Å². The van der Waals surface area contributed by atoms with Crippen LogP contribution in [0.5, 0.6) is 5.75 Å². The first kappa shape index (κ1) is 12.7. The number of ether oxygens (including phenoxy) is 1. The van der Waals surface area contributed by atoms with Gasteiger partial charge in [0.05, 0.1) is 24.0 Å². The van der Waals surface area contributed by atoms with Crippen molar-refractivity contribution in [3.05, 3.63) is 41.7 Å². The van der Waals surface area contributed by atoms with E-state index < -0.39 is 0 Å². The van der Waals surface area contributed by atoms with Crippen LogP contribution in [-0.2, 0) is 0 Å². The second-order valence-electron chi connectivity index (χ2n) is 4.01. The molecule has 96 valence electrons. The van der Waals surface area contributed by atoms with Crippen molar-refractivity contribution in [3.63, 3.8) is 0 Å². The number of nitrogens with two attached hydrogens (primary N) is 1. The summed E-state index contributed by atoms with van der Waals surface area (Å²) in [5.74, 6) is 0.398. The van der Waals surface area contributed by atoms with Gasteiger partial charge in [-0.3, -0.25) is 4.79 Å². The minimum absolute atomic E-state index is 0.195. The van der Waals surface area contributed by atoms with E-state index in [1.807, 2.05) is 18.2 Å². The number of para-hydroxylation sites is 2. The number of nitriles is 1. The lowest BCUT2D eigenvalue weighted by molar-refractivity contribution is 0.101. The lowest BCUT2D eigenvalue weighted by Gasteiger charge is -2.11. The number of nitrogen functional groups attached to an aromatic ring is 1. The van der Waals surface area contributed by atoms with Gasteiger partial charge in [0, 0.05) is 13.1 Å². The highest BCUT2D eigenvalue weighted by molar-refractivity contribution is 5.99. The summed E-state index contributed by atoms with van der Waals surface area (Å²) in [6.07, 6.45) is 1.55. The van der Waals surface area contributed by atoms with Crippen LogP contribution in [0.25, 0.3) is 5.69 Å². The number of anilines is 1. The van der Waals surface area contributed by atoms with Crippen LogP contribution >= 0.6 is 0 Å². The highest BCUT2D eigenvalue weighted by atomic mass is 16.5. The van der Waals surface area contributed by atoms with Gasteiger partial charge in [0.1, 0.15) is 17.5 Å². The number of carbonyl (C=O) groups excluding carboxylic acids is 1. The molecule has 1 aromatic carbocycles. The molecule has 1 aromatic heterocycles. The van der Waals surface area contributed by atoms with E-state index in [1.54, 1.807) is 30.0 Å². The fourth-order valence-corrected chi connectivity index (χ4v) is 1.99. The van der Waals surface area contributed by atoms with Crippen molar-refractivity contribution in [2.45, 2.75) is 6.92 Å². The largest absolute Gasteiger partial charge is 0.495 e. The van der Waals surface area contributed by atoms with Gasteiger partial charge in [-0.2, -0.15) is 5.26 Å². The fraction of sp³-hybridized carbons (Fsp3) is 0.143. The molecule has 0 saturated heterocycles. The van der Waals surface area contributed by atoms with Gasteiger partial charge >= 0.3 is 0 Å². The maximum atomic E-state index is 11.7. The maximum Gasteiger partial charge on any atom is 0.178 e. The van der Waals surface area contributed by atoms with E-state index in [0.717, 1.165) is 0 Å². The molecular weight excluding hydrogens is 242 g/mol. The molecule has 2 rings (SSSR count). The van der Waals surface area contributed by atoms with Crippen LogP contribution in [-0.4, -0.2) is 17.5 Å². The summed E-state index contributed by atoms with van der Waals surface area (Å²) in [4.78, 5) is 11.7. The number of Topliss-reactive ketones (excluding diaryl/α,β-unsaturated/α-hetero) is 1. The average Bonchev–Trinajstić information content (AvgIpc) is 2.75. The molecule has 5 nitrogen and oxygen atoms in total. The molecule has 0 atom stereocenters. The van der Waals surface area contributed by atoms with Crippen LogP contribution in [0.1, 0.15) is 23.0 Å². The molecule has 0 aliphatic rings. The standard InChI is InChI=1S/C14H13N3O2/c1-9(18)14-13(16)10(7-15)8-17(14)11-5-3-4-6-12(11)19-2/h3-6,8H,16H2,1-2H3. The summed E-state index contributed by atoms with van der Waals surface area (Å²) in [5.41, 5.74) is 7.27. The topological polar surface area (TPSA) is 81.0 Å². The zero-order valence-corrected chi connectivity index (χ0v) is 10.7. The Bertz CT molecular complexity index is 680. The maximum absolute atomic E-state index is 11.7. The van der Waals surface area contributed by atoms with E-state index in [-0.39, 0.29) is 17.0 Å². The number of ketones is 1. The van der Waals surface area contributed by atoms with Crippen LogP contribution in [0.2, 0.25) is 0 Å². The Morgan fingerprint density at radius 2 is 2.11 bits per heavy atom. The average molecular weight is 255 g/mol. The van der Waals surface area contributed by atoms with Gasteiger partial charge < -0.3 is 15.0 Å². The first-order chi connectivity index (χ1) is 9.10. The number of carbonyl (C=O) groups is 1. The number of hydrogen-bond acceptors (Lipinski definition) is 4. The van der Waals surface area contributed by atoms with Crippen molar-refractivity contribution >= 4 is 11.5 Å². The summed E-state index contributed by atoms with van der Waals surface area (Å²) in [6, 6.07) is 9.21. The zero-order valence-electron chi connectivity index (χ0n) is 10.7. The molecule has 0 unspecified atom stereocenters. The Balaban J connectivity index is 2.76. The first-order valence-corrected chi connectivity index (χ1v) is 5.65. The molecule has 19 heavy (non-hydrogen) atoms. The number of nitrogens with zero attached hydrogens (tertiary/aromatic N) is 2. The van der Waals surface area contributed by atoms with Crippen LogP contribution < -0.4 is 10.5 Å². The Morgan fingerprint density at radius 1 is 1.42 bits per heavy atom. The molecule has 0 aliphatic carbocycles. The molecule has 0 aliphatic heterocycles. The second kappa shape index (κ2) is 4.86. The Labute approximate surface area is 110 Å².